The van der Waals surface area contributed by atoms with Crippen LogP contribution in [0.4, 0.5) is 0 Å². The first-order valence-electron chi connectivity index (χ1n) is 11.0. The molecule has 182 valence electrons. The molecular weight excluding hydrogens is 444 g/mol. The number of aryl methyl sites for hydroxylation is 1. The predicted octanol–water partition coefficient (Wildman–Crippen LogP) is 4.14. The van der Waals surface area contributed by atoms with Crippen molar-refractivity contribution in [1.29, 1.82) is 0 Å². The summed E-state index contributed by atoms with van der Waals surface area (Å²) in [5, 5.41) is 0. The SMILES string of the molecule is COCCOCCOC(=O)c1ccccc1S(=O)(=O)OCCCc1ccc(C(C)(C)C)cc1. The van der Waals surface area contributed by atoms with Crippen molar-refractivity contribution in [3.8, 4) is 0 Å². The number of ether oxygens (including phenoxy) is 3. The molecule has 2 rings (SSSR count). The Balaban J connectivity index is 1.88. The quantitative estimate of drug-likeness (QED) is 0.243. The van der Waals surface area contributed by atoms with E-state index in [1.54, 1.807) is 13.2 Å². The Bertz CT molecular complexity index is 977. The number of hydrogen-bond donors (Lipinski definition) is 0. The zero-order valence-corrected chi connectivity index (χ0v) is 20.7. The molecule has 0 aromatic heterocycles. The summed E-state index contributed by atoms with van der Waals surface area (Å²) in [6.45, 7) is 7.51. The van der Waals surface area contributed by atoms with Gasteiger partial charge in [-0.05, 0) is 41.5 Å². The Kier molecular flexibility index (Phi) is 10.5. The highest BCUT2D eigenvalue weighted by molar-refractivity contribution is 7.86. The summed E-state index contributed by atoms with van der Waals surface area (Å²) in [4.78, 5) is 12.2. The minimum Gasteiger partial charge on any atom is -0.460 e. The van der Waals surface area contributed by atoms with Crippen molar-refractivity contribution in [2.24, 2.45) is 0 Å². The zero-order chi connectivity index (χ0) is 24.3. The lowest BCUT2D eigenvalue weighted by Crippen LogP contribution is -2.17. The van der Waals surface area contributed by atoms with E-state index in [0.717, 1.165) is 5.56 Å². The third-order valence-corrected chi connectivity index (χ3v) is 6.31. The van der Waals surface area contributed by atoms with Crippen LogP contribution in [0.25, 0.3) is 0 Å². The average Bonchev–Trinajstić information content (AvgIpc) is 2.78. The number of methoxy groups -OCH3 is 1. The summed E-state index contributed by atoms with van der Waals surface area (Å²) < 4.78 is 45.8. The monoisotopic (exact) mass is 478 g/mol. The van der Waals surface area contributed by atoms with Crippen LogP contribution in [0, 0.1) is 0 Å². The summed E-state index contributed by atoms with van der Waals surface area (Å²) >= 11 is 0. The van der Waals surface area contributed by atoms with Crippen LogP contribution in [0.3, 0.4) is 0 Å². The molecule has 0 spiro atoms. The van der Waals surface area contributed by atoms with Gasteiger partial charge in [0.2, 0.25) is 0 Å². The van der Waals surface area contributed by atoms with E-state index >= 15 is 0 Å². The van der Waals surface area contributed by atoms with Crippen LogP contribution < -0.4 is 0 Å². The first-order valence-corrected chi connectivity index (χ1v) is 12.4. The lowest BCUT2D eigenvalue weighted by atomic mass is 9.86. The van der Waals surface area contributed by atoms with Gasteiger partial charge in [0.05, 0.1) is 32.0 Å². The topological polar surface area (TPSA) is 88.1 Å². The minimum absolute atomic E-state index is 0.00574. The third-order valence-electron chi connectivity index (χ3n) is 4.94. The molecule has 33 heavy (non-hydrogen) atoms. The van der Waals surface area contributed by atoms with Gasteiger partial charge in [-0.3, -0.25) is 4.18 Å². The highest BCUT2D eigenvalue weighted by Gasteiger charge is 2.24. The number of hydrogen-bond acceptors (Lipinski definition) is 7. The molecule has 0 aliphatic carbocycles. The van der Waals surface area contributed by atoms with Crippen LogP contribution in [-0.2, 0) is 40.3 Å². The Morgan fingerprint density at radius 2 is 1.55 bits per heavy atom. The second-order valence-electron chi connectivity index (χ2n) is 8.56. The van der Waals surface area contributed by atoms with Crippen LogP contribution in [0.1, 0.15) is 48.7 Å². The summed E-state index contributed by atoms with van der Waals surface area (Å²) in [5.74, 6) is -0.743. The maximum Gasteiger partial charge on any atom is 0.339 e. The van der Waals surface area contributed by atoms with Gasteiger partial charge in [0, 0.05) is 7.11 Å². The average molecular weight is 479 g/mol. The molecule has 0 atom stereocenters. The molecule has 7 nitrogen and oxygen atoms in total. The highest BCUT2D eigenvalue weighted by atomic mass is 32.2. The Hall–Kier alpha value is -2.26. The van der Waals surface area contributed by atoms with Gasteiger partial charge < -0.3 is 14.2 Å². The second-order valence-corrected chi connectivity index (χ2v) is 10.1. The van der Waals surface area contributed by atoms with E-state index in [1.807, 2.05) is 0 Å². The molecule has 0 saturated heterocycles. The van der Waals surface area contributed by atoms with E-state index in [-0.39, 0.29) is 35.7 Å². The Morgan fingerprint density at radius 3 is 2.21 bits per heavy atom. The number of esters is 1. The smallest absolute Gasteiger partial charge is 0.339 e. The molecule has 0 amide bonds. The van der Waals surface area contributed by atoms with E-state index in [9.17, 15) is 13.2 Å². The standard InChI is InChI=1S/C25H34O7S/c1-25(2,3)21-13-11-20(12-14-21)8-7-15-32-33(27,28)23-10-6-5-9-22(23)24(26)31-19-18-30-17-16-29-4/h5-6,9-14H,7-8,15-19H2,1-4H3. The molecule has 0 fully saturated rings. The van der Waals surface area contributed by atoms with E-state index in [2.05, 4.69) is 45.0 Å². The molecule has 2 aromatic rings. The summed E-state index contributed by atoms with van der Waals surface area (Å²) in [7, 11) is -2.55. The fourth-order valence-electron chi connectivity index (χ4n) is 3.05. The van der Waals surface area contributed by atoms with Crippen LogP contribution in [0.15, 0.2) is 53.4 Å². The maximum atomic E-state index is 12.7. The van der Waals surface area contributed by atoms with Crippen molar-refractivity contribution in [3.63, 3.8) is 0 Å². The first kappa shape index (κ1) is 27.0. The lowest BCUT2D eigenvalue weighted by Gasteiger charge is -2.19. The molecule has 0 aliphatic rings. The van der Waals surface area contributed by atoms with Gasteiger partial charge in [-0.25, -0.2) is 4.79 Å². The fourth-order valence-corrected chi connectivity index (χ4v) is 4.18. The van der Waals surface area contributed by atoms with Gasteiger partial charge in [0.15, 0.2) is 0 Å². The largest absolute Gasteiger partial charge is 0.460 e. The van der Waals surface area contributed by atoms with E-state index in [0.29, 0.717) is 26.1 Å². The second kappa shape index (κ2) is 12.8. The van der Waals surface area contributed by atoms with Crippen molar-refractivity contribution < 1.29 is 31.6 Å². The van der Waals surface area contributed by atoms with E-state index in [4.69, 9.17) is 18.4 Å². The van der Waals surface area contributed by atoms with Crippen LogP contribution in [0.5, 0.6) is 0 Å². The maximum absolute atomic E-state index is 12.7. The minimum atomic E-state index is -4.11. The van der Waals surface area contributed by atoms with Gasteiger partial charge in [0.1, 0.15) is 11.5 Å². The molecular formula is C25H34O7S. The summed E-state index contributed by atoms with van der Waals surface area (Å²) in [5.41, 5.74) is 2.38. The van der Waals surface area contributed by atoms with Gasteiger partial charge in [-0.1, -0.05) is 57.2 Å². The van der Waals surface area contributed by atoms with Gasteiger partial charge in [0.25, 0.3) is 10.1 Å². The van der Waals surface area contributed by atoms with Crippen molar-refractivity contribution >= 4 is 16.1 Å². The number of carbonyl (C=O) groups excluding carboxylic acids is 1. The highest BCUT2D eigenvalue weighted by Crippen LogP contribution is 2.23. The normalized spacial score (nSPS) is 12.0. The van der Waals surface area contributed by atoms with Crippen LogP contribution in [0.2, 0.25) is 0 Å². The third kappa shape index (κ3) is 8.89. The van der Waals surface area contributed by atoms with Crippen LogP contribution >= 0.6 is 0 Å². The molecule has 0 bridgehead atoms. The van der Waals surface area contributed by atoms with Gasteiger partial charge in [-0.15, -0.1) is 0 Å². The van der Waals surface area contributed by atoms with Crippen molar-refractivity contribution in [3.05, 3.63) is 65.2 Å². The van der Waals surface area contributed by atoms with E-state index < -0.39 is 16.1 Å². The van der Waals surface area contributed by atoms with Crippen LogP contribution in [-0.4, -0.2) is 54.5 Å². The first-order chi connectivity index (χ1) is 15.6. The zero-order valence-electron chi connectivity index (χ0n) is 19.8. The van der Waals surface area contributed by atoms with Gasteiger partial charge in [-0.2, -0.15) is 8.42 Å². The number of carbonyl (C=O) groups is 1. The molecule has 0 unspecified atom stereocenters. The molecule has 0 radical (unpaired) electrons. The van der Waals surface area contributed by atoms with Crippen molar-refractivity contribution in [2.45, 2.75) is 43.9 Å². The summed E-state index contributed by atoms with van der Waals surface area (Å²) in [6.07, 6.45) is 1.21. The molecule has 0 saturated carbocycles. The Labute approximate surface area is 197 Å². The van der Waals surface area contributed by atoms with Crippen molar-refractivity contribution in [1.82, 2.24) is 0 Å². The molecule has 0 heterocycles. The predicted molar refractivity (Wildman–Crippen MR) is 126 cm³/mol. The fraction of sp³-hybridized carbons (Fsp3) is 0.480. The molecule has 2 aromatic carbocycles. The number of benzene rings is 2. The Morgan fingerprint density at radius 1 is 0.879 bits per heavy atom. The molecule has 0 N–H and O–H groups in total. The molecule has 0 aliphatic heterocycles. The lowest BCUT2D eigenvalue weighted by molar-refractivity contribution is 0.0210. The molecule has 8 heteroatoms. The van der Waals surface area contributed by atoms with E-state index in [1.165, 1.54) is 23.8 Å². The summed E-state index contributed by atoms with van der Waals surface area (Å²) in [6, 6.07) is 14.2. The number of rotatable bonds is 13. The van der Waals surface area contributed by atoms with Crippen molar-refractivity contribution in [2.75, 3.05) is 40.1 Å². The van der Waals surface area contributed by atoms with Gasteiger partial charge >= 0.3 is 5.97 Å².